The van der Waals surface area contributed by atoms with Crippen molar-refractivity contribution >= 4 is 45.5 Å². The van der Waals surface area contributed by atoms with E-state index in [9.17, 15) is 18.8 Å². The number of rotatable bonds is 3. The number of carbonyl (C=O) groups excluding carboxylic acids is 3. The maximum atomic E-state index is 13.1. The second kappa shape index (κ2) is 7.48. The van der Waals surface area contributed by atoms with E-state index in [1.165, 1.54) is 18.2 Å². The highest BCUT2D eigenvalue weighted by molar-refractivity contribution is 9.10. The molecule has 0 unspecified atom stereocenters. The van der Waals surface area contributed by atoms with Gasteiger partial charge in [0.2, 0.25) is 0 Å². The smallest absolute Gasteiger partial charge is 0.335 e. The van der Waals surface area contributed by atoms with Crippen LogP contribution in [0.15, 0.2) is 75.1 Å². The number of benzene rings is 2. The summed E-state index contributed by atoms with van der Waals surface area (Å²) in [6, 6.07) is 14.7. The molecule has 0 saturated carbocycles. The Bertz CT molecular complexity index is 1170. The molecule has 144 valence electrons. The van der Waals surface area contributed by atoms with E-state index in [1.807, 2.05) is 0 Å². The topological polar surface area (TPSA) is 79.6 Å². The number of urea groups is 1. The number of amides is 4. The maximum absolute atomic E-state index is 13.1. The normalized spacial score (nSPS) is 15.7. The summed E-state index contributed by atoms with van der Waals surface area (Å²) in [6.07, 6.45) is 1.27. The Hall–Kier alpha value is -3.52. The van der Waals surface area contributed by atoms with E-state index >= 15 is 0 Å². The van der Waals surface area contributed by atoms with E-state index in [4.69, 9.17) is 4.42 Å². The van der Waals surface area contributed by atoms with Crippen LogP contribution in [-0.2, 0) is 9.59 Å². The van der Waals surface area contributed by atoms with Gasteiger partial charge in [0.05, 0.1) is 5.69 Å². The molecule has 2 aromatic carbocycles. The van der Waals surface area contributed by atoms with Crippen molar-refractivity contribution in [2.24, 2.45) is 0 Å². The number of nitrogens with zero attached hydrogens (tertiary/aromatic N) is 1. The maximum Gasteiger partial charge on any atom is 0.335 e. The first kappa shape index (κ1) is 18.8. The Kier molecular flexibility index (Phi) is 4.85. The molecule has 3 aromatic rings. The van der Waals surface area contributed by atoms with Gasteiger partial charge in [-0.25, -0.2) is 14.1 Å². The Balaban J connectivity index is 1.67. The van der Waals surface area contributed by atoms with Crippen LogP contribution in [-0.4, -0.2) is 17.8 Å². The summed E-state index contributed by atoms with van der Waals surface area (Å²) in [5.41, 5.74) is 0.706. The minimum absolute atomic E-state index is 0.242. The second-order valence-corrected chi connectivity index (χ2v) is 7.06. The summed E-state index contributed by atoms with van der Waals surface area (Å²) in [5.74, 6) is -1.27. The van der Waals surface area contributed by atoms with E-state index in [2.05, 4.69) is 21.2 Å². The van der Waals surface area contributed by atoms with E-state index in [-0.39, 0.29) is 17.2 Å². The highest BCUT2D eigenvalue weighted by Crippen LogP contribution is 2.27. The van der Waals surface area contributed by atoms with Crippen LogP contribution in [0.1, 0.15) is 5.76 Å². The van der Waals surface area contributed by atoms with Gasteiger partial charge >= 0.3 is 6.03 Å². The van der Waals surface area contributed by atoms with Crippen LogP contribution in [0.3, 0.4) is 0 Å². The van der Waals surface area contributed by atoms with E-state index in [0.29, 0.717) is 21.5 Å². The molecule has 2 heterocycles. The molecule has 1 aliphatic rings. The molecule has 1 saturated heterocycles. The lowest BCUT2D eigenvalue weighted by molar-refractivity contribution is -0.122. The summed E-state index contributed by atoms with van der Waals surface area (Å²) in [5, 5.41) is 2.15. The molecule has 0 bridgehead atoms. The summed E-state index contributed by atoms with van der Waals surface area (Å²) >= 11 is 3.29. The molecule has 1 N–H and O–H groups in total. The molecule has 1 fully saturated rings. The summed E-state index contributed by atoms with van der Waals surface area (Å²) in [7, 11) is 0. The standard InChI is InChI=1S/C21H12BrFN2O4/c22-13-2-1-3-15(10-13)25-20(27)17(19(26)24-21(25)28)11-16-8-9-18(29-16)12-4-6-14(23)7-5-12/h1-11H,(H,24,26,28). The van der Waals surface area contributed by atoms with E-state index in [0.717, 1.165) is 4.90 Å². The third-order valence-electron chi connectivity index (χ3n) is 4.21. The van der Waals surface area contributed by atoms with Gasteiger partial charge in [-0.15, -0.1) is 0 Å². The third kappa shape index (κ3) is 3.74. The molecular formula is C21H12BrFN2O4. The molecular weight excluding hydrogens is 443 g/mol. The van der Waals surface area contributed by atoms with Crippen LogP contribution >= 0.6 is 15.9 Å². The molecule has 4 rings (SSSR count). The highest BCUT2D eigenvalue weighted by atomic mass is 79.9. The first-order chi connectivity index (χ1) is 13.9. The zero-order valence-electron chi connectivity index (χ0n) is 14.7. The second-order valence-electron chi connectivity index (χ2n) is 6.15. The van der Waals surface area contributed by atoms with Crippen LogP contribution in [0.4, 0.5) is 14.9 Å². The molecule has 6 nitrogen and oxygen atoms in total. The largest absolute Gasteiger partial charge is 0.457 e. The molecule has 29 heavy (non-hydrogen) atoms. The average molecular weight is 455 g/mol. The fourth-order valence-electron chi connectivity index (χ4n) is 2.85. The summed E-state index contributed by atoms with van der Waals surface area (Å²) in [4.78, 5) is 38.2. The van der Waals surface area contributed by atoms with E-state index in [1.54, 1.807) is 48.5 Å². The Morgan fingerprint density at radius 2 is 1.76 bits per heavy atom. The number of carbonyl (C=O) groups is 3. The number of imide groups is 2. The van der Waals surface area contributed by atoms with Crippen molar-refractivity contribution in [1.29, 1.82) is 0 Å². The van der Waals surface area contributed by atoms with E-state index < -0.39 is 17.8 Å². The van der Waals surface area contributed by atoms with Crippen molar-refractivity contribution in [2.45, 2.75) is 0 Å². The Morgan fingerprint density at radius 3 is 2.48 bits per heavy atom. The van der Waals surface area contributed by atoms with Crippen LogP contribution in [0.2, 0.25) is 0 Å². The number of furan rings is 1. The van der Waals surface area contributed by atoms with Gasteiger partial charge in [0.25, 0.3) is 11.8 Å². The first-order valence-electron chi connectivity index (χ1n) is 8.45. The lowest BCUT2D eigenvalue weighted by Gasteiger charge is -2.26. The van der Waals surface area contributed by atoms with Crippen molar-refractivity contribution in [1.82, 2.24) is 5.32 Å². The zero-order chi connectivity index (χ0) is 20.5. The number of barbiturate groups is 1. The lowest BCUT2D eigenvalue weighted by Crippen LogP contribution is -2.54. The predicted molar refractivity (Wildman–Crippen MR) is 107 cm³/mol. The van der Waals surface area contributed by atoms with Gasteiger partial charge in [0.15, 0.2) is 0 Å². The fourth-order valence-corrected chi connectivity index (χ4v) is 3.24. The monoisotopic (exact) mass is 454 g/mol. The molecule has 1 aliphatic heterocycles. The van der Waals surface area contributed by atoms with Crippen molar-refractivity contribution in [3.63, 3.8) is 0 Å². The molecule has 0 aliphatic carbocycles. The van der Waals surface area contributed by atoms with Crippen molar-refractivity contribution in [2.75, 3.05) is 4.90 Å². The number of halogens is 2. The fraction of sp³-hybridized carbons (Fsp3) is 0. The molecule has 8 heteroatoms. The Labute approximate surface area is 172 Å². The van der Waals surface area contributed by atoms with Crippen LogP contribution in [0.25, 0.3) is 17.4 Å². The van der Waals surface area contributed by atoms with Crippen molar-refractivity contribution in [3.05, 3.63) is 82.3 Å². The Morgan fingerprint density at radius 1 is 1.00 bits per heavy atom. The van der Waals surface area contributed by atoms with Gasteiger partial charge < -0.3 is 4.42 Å². The minimum Gasteiger partial charge on any atom is -0.457 e. The number of hydrogen-bond acceptors (Lipinski definition) is 4. The van der Waals surface area contributed by atoms with Gasteiger partial charge in [0.1, 0.15) is 22.9 Å². The van der Waals surface area contributed by atoms with Gasteiger partial charge in [-0.05, 0) is 60.7 Å². The van der Waals surface area contributed by atoms with Gasteiger partial charge in [-0.2, -0.15) is 0 Å². The summed E-state index contributed by atoms with van der Waals surface area (Å²) in [6.45, 7) is 0. The quantitative estimate of drug-likeness (QED) is 0.466. The van der Waals surface area contributed by atoms with Gasteiger partial charge in [-0.1, -0.05) is 22.0 Å². The highest BCUT2D eigenvalue weighted by Gasteiger charge is 2.37. The average Bonchev–Trinajstić information content (AvgIpc) is 3.14. The molecule has 1 aromatic heterocycles. The van der Waals surface area contributed by atoms with Gasteiger partial charge in [0, 0.05) is 10.0 Å². The van der Waals surface area contributed by atoms with Crippen LogP contribution in [0.5, 0.6) is 0 Å². The summed E-state index contributed by atoms with van der Waals surface area (Å²) < 4.78 is 19.4. The van der Waals surface area contributed by atoms with Crippen LogP contribution < -0.4 is 10.2 Å². The number of nitrogens with one attached hydrogen (secondary N) is 1. The molecule has 4 amide bonds. The molecule has 0 spiro atoms. The third-order valence-corrected chi connectivity index (χ3v) is 4.70. The SMILES string of the molecule is O=C1NC(=O)N(c2cccc(Br)c2)C(=O)C1=Cc1ccc(-c2ccc(F)cc2)o1. The predicted octanol–water partition coefficient (Wildman–Crippen LogP) is 4.51. The van der Waals surface area contributed by atoms with Gasteiger partial charge in [-0.3, -0.25) is 14.9 Å². The number of anilines is 1. The molecule has 0 radical (unpaired) electrons. The molecule has 0 atom stereocenters. The lowest BCUT2D eigenvalue weighted by atomic mass is 10.1. The number of hydrogen-bond donors (Lipinski definition) is 1. The van der Waals surface area contributed by atoms with Crippen molar-refractivity contribution < 1.29 is 23.2 Å². The zero-order valence-corrected chi connectivity index (χ0v) is 16.3. The minimum atomic E-state index is -0.832. The van der Waals surface area contributed by atoms with Crippen LogP contribution in [0, 0.1) is 5.82 Å². The first-order valence-corrected chi connectivity index (χ1v) is 9.24. The van der Waals surface area contributed by atoms with Crippen molar-refractivity contribution in [3.8, 4) is 11.3 Å².